The quantitative estimate of drug-likeness (QED) is 0.893. The molecule has 2 aromatic rings. The van der Waals surface area contributed by atoms with Gasteiger partial charge in [0.05, 0.1) is 0 Å². The van der Waals surface area contributed by atoms with Crippen molar-refractivity contribution in [3.05, 3.63) is 29.5 Å². The molecule has 7 nitrogen and oxygen atoms in total. The number of aromatic nitrogens is 3. The van der Waals surface area contributed by atoms with E-state index in [2.05, 4.69) is 15.0 Å². The largest absolute Gasteiger partial charge is 0.481 e. The normalized spacial score (nSPS) is 17.7. The molecule has 0 spiro atoms. The number of carbonyl (C=O) groups excluding carboxylic acids is 1. The number of carboxylic acid groups (broad SMARTS) is 1. The monoisotopic (exact) mass is 346 g/mol. The number of nitrogens with zero attached hydrogens (tertiary/aromatic N) is 4. The number of piperidine rings is 1. The van der Waals surface area contributed by atoms with Gasteiger partial charge >= 0.3 is 5.97 Å². The van der Waals surface area contributed by atoms with E-state index in [0.29, 0.717) is 29.5 Å². The lowest BCUT2D eigenvalue weighted by Crippen LogP contribution is -2.44. The van der Waals surface area contributed by atoms with E-state index in [-0.39, 0.29) is 18.4 Å². The maximum Gasteiger partial charge on any atom is 0.303 e. The molecule has 1 aliphatic heterocycles. The van der Waals surface area contributed by atoms with Crippen LogP contribution < -0.4 is 0 Å². The van der Waals surface area contributed by atoms with Crippen LogP contribution in [0.25, 0.3) is 10.8 Å². The maximum absolute atomic E-state index is 12.8. The molecule has 126 valence electrons. The van der Waals surface area contributed by atoms with Crippen LogP contribution in [0.15, 0.2) is 23.8 Å². The van der Waals surface area contributed by atoms with Crippen molar-refractivity contribution in [2.24, 2.45) is 0 Å². The van der Waals surface area contributed by atoms with Crippen molar-refractivity contribution in [3.63, 3.8) is 0 Å². The minimum atomic E-state index is -0.829. The fourth-order valence-electron chi connectivity index (χ4n) is 2.89. The van der Waals surface area contributed by atoms with Crippen molar-refractivity contribution in [2.45, 2.75) is 38.1 Å². The molecular weight excluding hydrogens is 328 g/mol. The zero-order valence-electron chi connectivity index (χ0n) is 13.1. The molecule has 0 unspecified atom stereocenters. The third kappa shape index (κ3) is 3.76. The zero-order chi connectivity index (χ0) is 16.9. The van der Waals surface area contributed by atoms with Crippen molar-refractivity contribution in [2.75, 3.05) is 6.54 Å². The molecule has 0 aliphatic carbocycles. The van der Waals surface area contributed by atoms with Gasteiger partial charge in [-0.3, -0.25) is 9.59 Å². The number of thiazole rings is 1. The van der Waals surface area contributed by atoms with Gasteiger partial charge in [0.2, 0.25) is 0 Å². The highest BCUT2D eigenvalue weighted by Gasteiger charge is 2.29. The molecule has 0 aromatic carbocycles. The van der Waals surface area contributed by atoms with Crippen LogP contribution in [0.1, 0.15) is 42.6 Å². The zero-order valence-corrected chi connectivity index (χ0v) is 13.9. The SMILES string of the molecule is O=C(O)CC[C@H]1CCCCN1C(=O)c1csc(-c2ncccn2)n1. The predicted molar refractivity (Wildman–Crippen MR) is 88.7 cm³/mol. The highest BCUT2D eigenvalue weighted by atomic mass is 32.1. The lowest BCUT2D eigenvalue weighted by Gasteiger charge is -2.35. The molecule has 0 bridgehead atoms. The van der Waals surface area contributed by atoms with Gasteiger partial charge in [0, 0.05) is 36.8 Å². The topological polar surface area (TPSA) is 96.3 Å². The highest BCUT2D eigenvalue weighted by Crippen LogP contribution is 2.25. The van der Waals surface area contributed by atoms with Gasteiger partial charge < -0.3 is 10.0 Å². The summed E-state index contributed by atoms with van der Waals surface area (Å²) in [6.07, 6.45) is 6.64. The molecule has 1 amide bonds. The van der Waals surface area contributed by atoms with E-state index in [0.717, 1.165) is 19.3 Å². The van der Waals surface area contributed by atoms with Crippen LogP contribution in [-0.2, 0) is 4.79 Å². The molecule has 1 aliphatic rings. The van der Waals surface area contributed by atoms with E-state index < -0.39 is 5.97 Å². The number of hydrogen-bond donors (Lipinski definition) is 1. The second kappa shape index (κ2) is 7.48. The third-order valence-electron chi connectivity index (χ3n) is 4.06. The van der Waals surface area contributed by atoms with Crippen molar-refractivity contribution >= 4 is 23.2 Å². The van der Waals surface area contributed by atoms with Gasteiger partial charge in [0.25, 0.3) is 5.91 Å². The van der Waals surface area contributed by atoms with Crippen LogP contribution in [-0.4, -0.2) is 49.4 Å². The Morgan fingerprint density at radius 2 is 2.08 bits per heavy atom. The average molecular weight is 346 g/mol. The summed E-state index contributed by atoms with van der Waals surface area (Å²) in [5, 5.41) is 11.2. The smallest absolute Gasteiger partial charge is 0.303 e. The van der Waals surface area contributed by atoms with E-state index in [1.165, 1.54) is 11.3 Å². The van der Waals surface area contributed by atoms with Crippen LogP contribution in [0.4, 0.5) is 0 Å². The summed E-state index contributed by atoms with van der Waals surface area (Å²) in [5.74, 6) is -0.462. The van der Waals surface area contributed by atoms with Crippen molar-refractivity contribution in [3.8, 4) is 10.8 Å². The Hall–Kier alpha value is -2.35. The summed E-state index contributed by atoms with van der Waals surface area (Å²) in [5.41, 5.74) is 0.379. The second-order valence-electron chi connectivity index (χ2n) is 5.69. The van der Waals surface area contributed by atoms with Crippen LogP contribution >= 0.6 is 11.3 Å². The van der Waals surface area contributed by atoms with Gasteiger partial charge in [0.1, 0.15) is 5.69 Å². The molecule has 2 aromatic heterocycles. The number of hydrogen-bond acceptors (Lipinski definition) is 6. The van der Waals surface area contributed by atoms with Gasteiger partial charge in [-0.15, -0.1) is 11.3 Å². The van der Waals surface area contributed by atoms with Gasteiger partial charge in [-0.05, 0) is 31.7 Å². The Kier molecular flexibility index (Phi) is 5.14. The number of carboxylic acids is 1. The van der Waals surface area contributed by atoms with Gasteiger partial charge in [-0.25, -0.2) is 15.0 Å². The lowest BCUT2D eigenvalue weighted by molar-refractivity contribution is -0.137. The molecule has 1 saturated heterocycles. The Morgan fingerprint density at radius 3 is 2.83 bits per heavy atom. The van der Waals surface area contributed by atoms with Crippen LogP contribution in [0.2, 0.25) is 0 Å². The minimum absolute atomic E-state index is 0.0273. The van der Waals surface area contributed by atoms with E-state index in [1.54, 1.807) is 28.7 Å². The third-order valence-corrected chi connectivity index (χ3v) is 4.90. The fourth-order valence-corrected chi connectivity index (χ4v) is 3.63. The second-order valence-corrected chi connectivity index (χ2v) is 6.55. The summed E-state index contributed by atoms with van der Waals surface area (Å²) in [7, 11) is 0. The van der Waals surface area contributed by atoms with Crippen molar-refractivity contribution < 1.29 is 14.7 Å². The number of rotatable bonds is 5. The van der Waals surface area contributed by atoms with Crippen molar-refractivity contribution in [1.82, 2.24) is 19.9 Å². The summed E-state index contributed by atoms with van der Waals surface area (Å²) in [6, 6.07) is 1.70. The molecule has 3 rings (SSSR count). The fraction of sp³-hybridized carbons (Fsp3) is 0.438. The Morgan fingerprint density at radius 1 is 1.29 bits per heavy atom. The standard InChI is InChI=1S/C16H18N4O3S/c21-13(22)6-5-11-4-1-2-9-20(11)16(23)12-10-24-15(19-12)14-17-7-3-8-18-14/h3,7-8,10-11H,1-2,4-6,9H2,(H,21,22)/t11-/m1/s1. The number of amides is 1. The first-order valence-electron chi connectivity index (χ1n) is 7.91. The van der Waals surface area contributed by atoms with E-state index in [1.807, 2.05) is 0 Å². The van der Waals surface area contributed by atoms with Gasteiger partial charge in [-0.2, -0.15) is 0 Å². The van der Waals surface area contributed by atoms with Crippen LogP contribution in [0.3, 0.4) is 0 Å². The molecule has 1 atom stereocenters. The molecular formula is C16H18N4O3S. The first kappa shape index (κ1) is 16.5. The number of likely N-dealkylation sites (tertiary alicyclic amines) is 1. The summed E-state index contributed by atoms with van der Waals surface area (Å²) < 4.78 is 0. The first-order valence-corrected chi connectivity index (χ1v) is 8.79. The maximum atomic E-state index is 12.8. The van der Waals surface area contributed by atoms with Crippen LogP contribution in [0, 0.1) is 0 Å². The van der Waals surface area contributed by atoms with E-state index in [4.69, 9.17) is 5.11 Å². The average Bonchev–Trinajstić information content (AvgIpc) is 3.10. The molecule has 0 radical (unpaired) electrons. The first-order chi connectivity index (χ1) is 11.6. The summed E-state index contributed by atoms with van der Waals surface area (Å²) >= 11 is 1.34. The lowest BCUT2D eigenvalue weighted by atomic mass is 9.97. The van der Waals surface area contributed by atoms with Crippen LogP contribution in [0.5, 0.6) is 0 Å². The molecule has 1 N–H and O–H groups in total. The van der Waals surface area contributed by atoms with Gasteiger partial charge in [-0.1, -0.05) is 0 Å². The Balaban J connectivity index is 1.74. The summed E-state index contributed by atoms with van der Waals surface area (Å²) in [4.78, 5) is 38.0. The summed E-state index contributed by atoms with van der Waals surface area (Å²) in [6.45, 7) is 0.651. The van der Waals surface area contributed by atoms with Gasteiger partial charge in [0.15, 0.2) is 10.8 Å². The predicted octanol–water partition coefficient (Wildman–Crippen LogP) is 2.46. The number of carbonyl (C=O) groups is 2. The molecule has 3 heterocycles. The molecule has 24 heavy (non-hydrogen) atoms. The number of aliphatic carboxylic acids is 1. The minimum Gasteiger partial charge on any atom is -0.481 e. The Labute approximate surface area is 143 Å². The van der Waals surface area contributed by atoms with E-state index in [9.17, 15) is 9.59 Å². The molecule has 1 fully saturated rings. The molecule has 0 saturated carbocycles. The molecule has 8 heteroatoms. The Bertz CT molecular complexity index is 719. The highest BCUT2D eigenvalue weighted by molar-refractivity contribution is 7.13. The van der Waals surface area contributed by atoms with Crippen molar-refractivity contribution in [1.29, 1.82) is 0 Å². The van der Waals surface area contributed by atoms with E-state index >= 15 is 0 Å².